The summed E-state index contributed by atoms with van der Waals surface area (Å²) in [7, 11) is 0. The first kappa shape index (κ1) is 14.5. The van der Waals surface area contributed by atoms with E-state index in [0.717, 1.165) is 10.0 Å². The molecule has 0 radical (unpaired) electrons. The van der Waals surface area contributed by atoms with Gasteiger partial charge < -0.3 is 4.74 Å². The van der Waals surface area contributed by atoms with Gasteiger partial charge in [0, 0.05) is 5.69 Å². The molecule has 0 saturated heterocycles. The van der Waals surface area contributed by atoms with Gasteiger partial charge in [0.1, 0.15) is 18.1 Å². The number of nitrogens with one attached hydrogen (secondary N) is 2. The SMILES string of the molecule is Cc1ccc(OCc2n[nH]c(C)c2C(=O)NN)c(Br)c1. The van der Waals surface area contributed by atoms with Crippen molar-refractivity contribution in [1.29, 1.82) is 0 Å². The zero-order chi connectivity index (χ0) is 14.7. The lowest BCUT2D eigenvalue weighted by atomic mass is 10.2. The third kappa shape index (κ3) is 3.00. The summed E-state index contributed by atoms with van der Waals surface area (Å²) in [6.45, 7) is 3.92. The van der Waals surface area contributed by atoms with Crippen molar-refractivity contribution in [1.82, 2.24) is 15.6 Å². The van der Waals surface area contributed by atoms with Gasteiger partial charge in [0.2, 0.25) is 0 Å². The van der Waals surface area contributed by atoms with Gasteiger partial charge in [-0.15, -0.1) is 0 Å². The van der Waals surface area contributed by atoms with Crippen LogP contribution in [0.2, 0.25) is 0 Å². The van der Waals surface area contributed by atoms with Crippen molar-refractivity contribution >= 4 is 21.8 Å². The van der Waals surface area contributed by atoms with Crippen LogP contribution < -0.4 is 16.0 Å². The van der Waals surface area contributed by atoms with E-state index in [1.807, 2.05) is 25.1 Å². The normalized spacial score (nSPS) is 10.4. The Morgan fingerprint density at radius 3 is 2.90 bits per heavy atom. The molecule has 0 aliphatic heterocycles. The Balaban J connectivity index is 2.17. The third-order valence-electron chi connectivity index (χ3n) is 2.83. The van der Waals surface area contributed by atoms with Crippen LogP contribution in [0.15, 0.2) is 22.7 Å². The molecule has 0 unspecified atom stereocenters. The standard InChI is InChI=1S/C13H15BrN4O2/c1-7-3-4-11(9(14)5-7)20-6-10-12(13(19)16-15)8(2)17-18-10/h3-5H,6,15H2,1-2H3,(H,16,19)(H,17,18). The van der Waals surface area contributed by atoms with Gasteiger partial charge in [-0.2, -0.15) is 5.10 Å². The number of carbonyl (C=O) groups excluding carboxylic acids is 1. The predicted molar refractivity (Wildman–Crippen MR) is 78.2 cm³/mol. The van der Waals surface area contributed by atoms with Gasteiger partial charge in [-0.3, -0.25) is 15.3 Å². The molecule has 0 atom stereocenters. The number of nitrogens with two attached hydrogens (primary N) is 1. The second kappa shape index (κ2) is 6.06. The lowest BCUT2D eigenvalue weighted by Crippen LogP contribution is -2.31. The number of carbonyl (C=O) groups is 1. The van der Waals surface area contributed by atoms with Crippen LogP contribution >= 0.6 is 15.9 Å². The molecular formula is C13H15BrN4O2. The molecule has 0 saturated carbocycles. The molecule has 0 aliphatic carbocycles. The van der Waals surface area contributed by atoms with E-state index in [1.54, 1.807) is 6.92 Å². The average Bonchev–Trinajstić information content (AvgIpc) is 2.78. The predicted octanol–water partition coefficient (Wildman–Crippen LogP) is 1.97. The van der Waals surface area contributed by atoms with E-state index in [0.29, 0.717) is 22.7 Å². The number of ether oxygens (including phenoxy) is 1. The zero-order valence-electron chi connectivity index (χ0n) is 11.2. The summed E-state index contributed by atoms with van der Waals surface area (Å²) < 4.78 is 6.53. The van der Waals surface area contributed by atoms with Gasteiger partial charge in [0.25, 0.3) is 5.91 Å². The Morgan fingerprint density at radius 1 is 1.50 bits per heavy atom. The molecule has 2 rings (SSSR count). The summed E-state index contributed by atoms with van der Waals surface area (Å²) in [6, 6.07) is 5.77. The second-order valence-electron chi connectivity index (χ2n) is 4.37. The molecule has 1 aromatic heterocycles. The number of aromatic amines is 1. The number of H-pyrrole nitrogens is 1. The highest BCUT2D eigenvalue weighted by atomic mass is 79.9. The molecule has 1 aromatic carbocycles. The summed E-state index contributed by atoms with van der Waals surface area (Å²) in [5.41, 5.74) is 4.80. The molecule has 0 aliphatic rings. The van der Waals surface area contributed by atoms with Gasteiger partial charge in [-0.25, -0.2) is 5.84 Å². The van der Waals surface area contributed by atoms with Gasteiger partial charge in [-0.1, -0.05) is 6.07 Å². The topological polar surface area (TPSA) is 93.0 Å². The van der Waals surface area contributed by atoms with Crippen LogP contribution in [0, 0.1) is 13.8 Å². The highest BCUT2D eigenvalue weighted by molar-refractivity contribution is 9.10. The maximum Gasteiger partial charge on any atom is 0.269 e. The molecule has 6 nitrogen and oxygen atoms in total. The molecule has 0 bridgehead atoms. The smallest absolute Gasteiger partial charge is 0.269 e. The molecule has 1 amide bonds. The van der Waals surface area contributed by atoms with E-state index in [4.69, 9.17) is 10.6 Å². The number of amides is 1. The fourth-order valence-corrected chi connectivity index (χ4v) is 2.43. The lowest BCUT2D eigenvalue weighted by Gasteiger charge is -2.08. The van der Waals surface area contributed by atoms with Crippen molar-refractivity contribution in [2.24, 2.45) is 5.84 Å². The molecule has 20 heavy (non-hydrogen) atoms. The molecule has 106 valence electrons. The van der Waals surface area contributed by atoms with Crippen molar-refractivity contribution < 1.29 is 9.53 Å². The number of halogens is 1. The zero-order valence-corrected chi connectivity index (χ0v) is 12.7. The summed E-state index contributed by atoms with van der Waals surface area (Å²) in [6.07, 6.45) is 0. The summed E-state index contributed by atoms with van der Waals surface area (Å²) in [5.74, 6) is 5.46. The fraction of sp³-hybridized carbons (Fsp3) is 0.231. The van der Waals surface area contributed by atoms with E-state index in [2.05, 4.69) is 31.6 Å². The number of nitrogen functional groups attached to an aromatic ring is 1. The van der Waals surface area contributed by atoms with Gasteiger partial charge >= 0.3 is 0 Å². The van der Waals surface area contributed by atoms with Gasteiger partial charge in [0.05, 0.1) is 10.0 Å². The van der Waals surface area contributed by atoms with Crippen LogP contribution in [-0.4, -0.2) is 16.1 Å². The van der Waals surface area contributed by atoms with Crippen molar-refractivity contribution in [3.05, 3.63) is 45.2 Å². The van der Waals surface area contributed by atoms with E-state index in [1.165, 1.54) is 0 Å². The minimum Gasteiger partial charge on any atom is -0.486 e. The van der Waals surface area contributed by atoms with Crippen LogP contribution in [0.4, 0.5) is 0 Å². The number of nitrogens with zero attached hydrogens (tertiary/aromatic N) is 1. The fourth-order valence-electron chi connectivity index (χ4n) is 1.83. The number of benzene rings is 1. The van der Waals surface area contributed by atoms with E-state index in [-0.39, 0.29) is 6.61 Å². The van der Waals surface area contributed by atoms with E-state index in [9.17, 15) is 4.79 Å². The average molecular weight is 339 g/mol. The molecule has 4 N–H and O–H groups in total. The highest BCUT2D eigenvalue weighted by Crippen LogP contribution is 2.26. The number of rotatable bonds is 4. The number of hydrazine groups is 1. The van der Waals surface area contributed by atoms with Crippen LogP contribution in [0.1, 0.15) is 27.3 Å². The Kier molecular flexibility index (Phi) is 4.41. The first-order valence-electron chi connectivity index (χ1n) is 5.96. The quantitative estimate of drug-likeness (QED) is 0.451. The molecule has 0 spiro atoms. The first-order valence-corrected chi connectivity index (χ1v) is 6.76. The molecule has 7 heteroatoms. The van der Waals surface area contributed by atoms with Gasteiger partial charge in [0.15, 0.2) is 0 Å². The van der Waals surface area contributed by atoms with Crippen LogP contribution in [0.25, 0.3) is 0 Å². The van der Waals surface area contributed by atoms with E-state index >= 15 is 0 Å². The van der Waals surface area contributed by atoms with Crippen LogP contribution in [-0.2, 0) is 6.61 Å². The van der Waals surface area contributed by atoms with Crippen LogP contribution in [0.5, 0.6) is 5.75 Å². The lowest BCUT2D eigenvalue weighted by molar-refractivity contribution is 0.0950. The molecule has 2 aromatic rings. The number of aryl methyl sites for hydroxylation is 2. The monoisotopic (exact) mass is 338 g/mol. The first-order chi connectivity index (χ1) is 9.52. The van der Waals surface area contributed by atoms with Crippen molar-refractivity contribution in [3.8, 4) is 5.75 Å². The number of hydrogen-bond donors (Lipinski definition) is 3. The number of aromatic nitrogens is 2. The van der Waals surface area contributed by atoms with Crippen LogP contribution in [0.3, 0.4) is 0 Å². The van der Waals surface area contributed by atoms with Gasteiger partial charge in [-0.05, 0) is 47.5 Å². The van der Waals surface area contributed by atoms with Crippen molar-refractivity contribution in [2.75, 3.05) is 0 Å². The Morgan fingerprint density at radius 2 is 2.25 bits per heavy atom. The summed E-state index contributed by atoms with van der Waals surface area (Å²) in [5, 5.41) is 6.82. The van der Waals surface area contributed by atoms with Crippen molar-refractivity contribution in [3.63, 3.8) is 0 Å². The Labute approximate surface area is 124 Å². The summed E-state index contributed by atoms with van der Waals surface area (Å²) in [4.78, 5) is 11.7. The maximum absolute atomic E-state index is 11.7. The van der Waals surface area contributed by atoms with Crippen molar-refractivity contribution in [2.45, 2.75) is 20.5 Å². The Hall–Kier alpha value is -1.86. The highest BCUT2D eigenvalue weighted by Gasteiger charge is 2.17. The largest absolute Gasteiger partial charge is 0.486 e. The minimum atomic E-state index is -0.391. The molecule has 0 fully saturated rings. The minimum absolute atomic E-state index is 0.175. The molecular weight excluding hydrogens is 324 g/mol. The third-order valence-corrected chi connectivity index (χ3v) is 3.45. The molecule has 1 heterocycles. The number of hydrogen-bond acceptors (Lipinski definition) is 4. The summed E-state index contributed by atoms with van der Waals surface area (Å²) >= 11 is 3.43. The second-order valence-corrected chi connectivity index (χ2v) is 5.22. The van der Waals surface area contributed by atoms with E-state index < -0.39 is 5.91 Å². The maximum atomic E-state index is 11.7. The Bertz CT molecular complexity index is 639.